The zero-order valence-electron chi connectivity index (χ0n) is 11.1. The summed E-state index contributed by atoms with van der Waals surface area (Å²) >= 11 is 0. The molecule has 7 heteroatoms. The first kappa shape index (κ1) is 14.7. The largest absolute Gasteiger partial charge is 0.444 e. The minimum absolute atomic E-state index is 0.0755. The van der Waals surface area contributed by atoms with E-state index in [0.717, 1.165) is 0 Å². The zero-order chi connectivity index (χ0) is 14.0. The normalized spacial score (nSPS) is 24.1. The van der Waals surface area contributed by atoms with Gasteiger partial charge in [-0.1, -0.05) is 0 Å². The van der Waals surface area contributed by atoms with Crippen LogP contribution in [0, 0.1) is 10.1 Å². The molecule has 104 valence electrons. The number of hydrogen-bond donors (Lipinski definition) is 1. The number of amides is 1. The minimum atomic E-state index is -1.11. The van der Waals surface area contributed by atoms with Gasteiger partial charge in [-0.2, -0.15) is 0 Å². The van der Waals surface area contributed by atoms with Crippen LogP contribution in [0.25, 0.3) is 0 Å². The highest BCUT2D eigenvalue weighted by Gasteiger charge is 2.50. The van der Waals surface area contributed by atoms with Crippen molar-refractivity contribution in [2.24, 2.45) is 5.73 Å². The maximum absolute atomic E-state index is 11.8. The van der Waals surface area contributed by atoms with Crippen molar-refractivity contribution >= 4 is 6.09 Å². The van der Waals surface area contributed by atoms with Crippen molar-refractivity contribution in [2.45, 2.75) is 44.8 Å². The Labute approximate surface area is 106 Å². The molecule has 1 atom stereocenters. The smallest absolute Gasteiger partial charge is 0.410 e. The van der Waals surface area contributed by atoms with Gasteiger partial charge in [0.1, 0.15) is 5.60 Å². The number of likely N-dealkylation sites (tertiary alicyclic amines) is 1. The Balaban J connectivity index is 2.69. The van der Waals surface area contributed by atoms with Gasteiger partial charge in [0.25, 0.3) is 0 Å². The standard InChI is InChI=1S/C11H21N3O4/c1-10(2,3)18-9(15)13-7-5-11(8-13,4-6-12)14(16)17/h4-8,12H2,1-3H3. The van der Waals surface area contributed by atoms with E-state index in [9.17, 15) is 14.9 Å². The summed E-state index contributed by atoms with van der Waals surface area (Å²) in [6, 6.07) is 0. The number of carbonyl (C=O) groups excluding carboxylic acids is 1. The molecule has 0 aromatic rings. The van der Waals surface area contributed by atoms with Crippen LogP contribution in [0.15, 0.2) is 0 Å². The lowest BCUT2D eigenvalue weighted by Crippen LogP contribution is -2.45. The summed E-state index contributed by atoms with van der Waals surface area (Å²) in [6.07, 6.45) is 0.110. The van der Waals surface area contributed by atoms with Crippen LogP contribution in [0.3, 0.4) is 0 Å². The van der Waals surface area contributed by atoms with Crippen molar-refractivity contribution in [1.82, 2.24) is 4.90 Å². The number of nitrogens with two attached hydrogens (primary N) is 1. The summed E-state index contributed by atoms with van der Waals surface area (Å²) < 4.78 is 5.21. The van der Waals surface area contributed by atoms with Crippen LogP contribution in [-0.4, -0.2) is 46.7 Å². The number of carbonyl (C=O) groups is 1. The van der Waals surface area contributed by atoms with Crippen molar-refractivity contribution in [3.8, 4) is 0 Å². The Bertz CT molecular complexity index is 340. The fraction of sp³-hybridized carbons (Fsp3) is 0.909. The molecule has 0 radical (unpaired) electrons. The quantitative estimate of drug-likeness (QED) is 0.602. The van der Waals surface area contributed by atoms with Gasteiger partial charge in [-0.05, 0) is 27.3 Å². The van der Waals surface area contributed by atoms with E-state index in [4.69, 9.17) is 10.5 Å². The molecular weight excluding hydrogens is 238 g/mol. The van der Waals surface area contributed by atoms with Crippen LogP contribution in [0.4, 0.5) is 4.79 Å². The second-order valence-corrected chi connectivity index (χ2v) is 5.67. The third-order valence-corrected chi connectivity index (χ3v) is 2.98. The monoisotopic (exact) mass is 259 g/mol. The summed E-state index contributed by atoms with van der Waals surface area (Å²) in [5, 5.41) is 11.1. The van der Waals surface area contributed by atoms with E-state index in [-0.39, 0.29) is 24.4 Å². The fourth-order valence-corrected chi connectivity index (χ4v) is 2.05. The minimum Gasteiger partial charge on any atom is -0.444 e. The molecule has 1 amide bonds. The molecular formula is C11H21N3O4. The van der Waals surface area contributed by atoms with Crippen molar-refractivity contribution in [3.05, 3.63) is 10.1 Å². The first-order valence-corrected chi connectivity index (χ1v) is 6.03. The van der Waals surface area contributed by atoms with Gasteiger partial charge >= 0.3 is 6.09 Å². The van der Waals surface area contributed by atoms with E-state index in [1.807, 2.05) is 0 Å². The molecule has 0 saturated carbocycles. The van der Waals surface area contributed by atoms with E-state index < -0.39 is 17.2 Å². The molecule has 18 heavy (non-hydrogen) atoms. The van der Waals surface area contributed by atoms with Gasteiger partial charge in [0.05, 0.1) is 6.54 Å². The summed E-state index contributed by atoms with van der Waals surface area (Å²) in [5.74, 6) is 0. The fourth-order valence-electron chi connectivity index (χ4n) is 2.05. The molecule has 0 aliphatic carbocycles. The molecule has 0 spiro atoms. The number of nitro groups is 1. The lowest BCUT2D eigenvalue weighted by molar-refractivity contribution is -0.566. The SMILES string of the molecule is CC(C)(C)OC(=O)N1CCC(CCN)([N+](=O)[O-])C1. The molecule has 7 nitrogen and oxygen atoms in total. The zero-order valence-corrected chi connectivity index (χ0v) is 11.1. The highest BCUT2D eigenvalue weighted by molar-refractivity contribution is 5.68. The molecule has 1 heterocycles. The second kappa shape index (κ2) is 5.09. The van der Waals surface area contributed by atoms with Gasteiger partial charge in [0, 0.05) is 24.3 Å². The van der Waals surface area contributed by atoms with Crippen molar-refractivity contribution in [3.63, 3.8) is 0 Å². The summed E-state index contributed by atoms with van der Waals surface area (Å²) in [7, 11) is 0. The lowest BCUT2D eigenvalue weighted by atomic mass is 9.95. The van der Waals surface area contributed by atoms with Crippen LogP contribution in [0.5, 0.6) is 0 Å². The van der Waals surface area contributed by atoms with Gasteiger partial charge < -0.3 is 15.4 Å². The highest BCUT2D eigenvalue weighted by atomic mass is 16.6. The third-order valence-electron chi connectivity index (χ3n) is 2.98. The van der Waals surface area contributed by atoms with E-state index in [2.05, 4.69) is 0 Å². The Morgan fingerprint density at radius 2 is 2.17 bits per heavy atom. The number of hydrogen-bond acceptors (Lipinski definition) is 5. The van der Waals surface area contributed by atoms with Crippen molar-refractivity contribution in [1.29, 1.82) is 0 Å². The van der Waals surface area contributed by atoms with Gasteiger partial charge in [0.2, 0.25) is 5.54 Å². The average molecular weight is 259 g/mol. The summed E-state index contributed by atoms with van der Waals surface area (Å²) in [5.41, 5.74) is 3.72. The number of nitrogens with zero attached hydrogens (tertiary/aromatic N) is 2. The Morgan fingerprint density at radius 3 is 2.61 bits per heavy atom. The van der Waals surface area contributed by atoms with Crippen molar-refractivity contribution < 1.29 is 14.5 Å². The van der Waals surface area contributed by atoms with Crippen LogP contribution in [-0.2, 0) is 4.74 Å². The molecule has 1 unspecified atom stereocenters. The molecule has 1 saturated heterocycles. The maximum Gasteiger partial charge on any atom is 0.410 e. The Kier molecular flexibility index (Phi) is 4.16. The third kappa shape index (κ3) is 3.32. The maximum atomic E-state index is 11.8. The molecule has 1 aliphatic rings. The molecule has 1 rings (SSSR count). The predicted molar refractivity (Wildman–Crippen MR) is 65.8 cm³/mol. The molecule has 1 fully saturated rings. The average Bonchev–Trinajstić information content (AvgIpc) is 2.61. The summed E-state index contributed by atoms with van der Waals surface area (Å²) in [4.78, 5) is 24.0. The van der Waals surface area contributed by atoms with Gasteiger partial charge in [-0.15, -0.1) is 0 Å². The van der Waals surface area contributed by atoms with E-state index in [1.54, 1.807) is 20.8 Å². The van der Waals surface area contributed by atoms with Crippen LogP contribution >= 0.6 is 0 Å². The lowest BCUT2D eigenvalue weighted by Gasteiger charge is -2.25. The van der Waals surface area contributed by atoms with Crippen LogP contribution in [0.2, 0.25) is 0 Å². The molecule has 0 aromatic heterocycles. The van der Waals surface area contributed by atoms with Gasteiger partial charge in [-0.3, -0.25) is 10.1 Å². The number of ether oxygens (including phenoxy) is 1. The van der Waals surface area contributed by atoms with Gasteiger partial charge in [-0.25, -0.2) is 4.79 Å². The van der Waals surface area contributed by atoms with Crippen LogP contribution in [0.1, 0.15) is 33.6 Å². The van der Waals surface area contributed by atoms with E-state index >= 15 is 0 Å². The topological polar surface area (TPSA) is 98.7 Å². The van der Waals surface area contributed by atoms with E-state index in [1.165, 1.54) is 4.90 Å². The molecule has 1 aliphatic heterocycles. The number of rotatable bonds is 3. The van der Waals surface area contributed by atoms with Crippen molar-refractivity contribution in [2.75, 3.05) is 19.6 Å². The second-order valence-electron chi connectivity index (χ2n) is 5.67. The first-order chi connectivity index (χ1) is 8.20. The van der Waals surface area contributed by atoms with E-state index in [0.29, 0.717) is 13.0 Å². The first-order valence-electron chi connectivity index (χ1n) is 6.03. The van der Waals surface area contributed by atoms with Gasteiger partial charge in [0.15, 0.2) is 0 Å². The molecule has 0 aromatic carbocycles. The highest BCUT2D eigenvalue weighted by Crippen LogP contribution is 2.28. The predicted octanol–water partition coefficient (Wildman–Crippen LogP) is 0.992. The Hall–Kier alpha value is -1.37. The Morgan fingerprint density at radius 1 is 1.56 bits per heavy atom. The summed E-state index contributed by atoms with van der Waals surface area (Å²) in [6.45, 7) is 5.95. The molecule has 0 bridgehead atoms. The molecule has 2 N–H and O–H groups in total. The van der Waals surface area contributed by atoms with Crippen LogP contribution < -0.4 is 5.73 Å².